The van der Waals surface area contributed by atoms with Gasteiger partial charge in [0.05, 0.1) is 11.1 Å². The second-order valence-electron chi connectivity index (χ2n) is 7.08. The molecule has 0 bridgehead atoms. The molecular formula is C23H20N2O2S2. The quantitative estimate of drug-likeness (QED) is 0.261. The number of aromatic amines is 1. The maximum absolute atomic E-state index is 12.7. The van der Waals surface area contributed by atoms with E-state index in [-0.39, 0.29) is 17.1 Å². The van der Waals surface area contributed by atoms with Crippen molar-refractivity contribution < 1.29 is 4.79 Å². The van der Waals surface area contributed by atoms with E-state index in [0.29, 0.717) is 20.9 Å². The number of hydrogen-bond acceptors (Lipinski definition) is 5. The lowest BCUT2D eigenvalue weighted by Crippen LogP contribution is -2.10. The maximum Gasteiger partial charge on any atom is 0.260 e. The van der Waals surface area contributed by atoms with Crippen molar-refractivity contribution in [1.82, 2.24) is 9.97 Å². The van der Waals surface area contributed by atoms with Gasteiger partial charge in [0, 0.05) is 16.5 Å². The van der Waals surface area contributed by atoms with Crippen LogP contribution in [0.3, 0.4) is 0 Å². The van der Waals surface area contributed by atoms with Crippen LogP contribution in [0.25, 0.3) is 21.3 Å². The monoisotopic (exact) mass is 420 g/mol. The fraction of sp³-hybridized carbons (Fsp3) is 0.174. The van der Waals surface area contributed by atoms with Crippen LogP contribution in [0.2, 0.25) is 0 Å². The molecule has 146 valence electrons. The van der Waals surface area contributed by atoms with Crippen molar-refractivity contribution in [3.63, 3.8) is 0 Å². The van der Waals surface area contributed by atoms with Crippen molar-refractivity contribution in [2.75, 3.05) is 5.75 Å². The van der Waals surface area contributed by atoms with Crippen molar-refractivity contribution in [2.45, 2.75) is 25.9 Å². The number of hydrogen-bond donors (Lipinski definition) is 1. The van der Waals surface area contributed by atoms with Gasteiger partial charge < -0.3 is 4.98 Å². The van der Waals surface area contributed by atoms with E-state index in [4.69, 9.17) is 0 Å². The number of benzene rings is 2. The SMILES string of the molecule is Cc1ccc(-c2csc3nc(SCC(=O)c4ccc(C)c(C)c4)[nH]c(=O)c23)cc1. The second-order valence-corrected chi connectivity index (χ2v) is 8.90. The van der Waals surface area contributed by atoms with Crippen molar-refractivity contribution in [1.29, 1.82) is 0 Å². The highest BCUT2D eigenvalue weighted by molar-refractivity contribution is 7.99. The number of Topliss-reactive ketones (excluding diaryl/α,β-unsaturated/α-hetero) is 1. The Bertz CT molecular complexity index is 1270. The summed E-state index contributed by atoms with van der Waals surface area (Å²) in [5.74, 6) is 0.250. The number of rotatable bonds is 5. The van der Waals surface area contributed by atoms with Crippen molar-refractivity contribution in [3.05, 3.63) is 80.5 Å². The highest BCUT2D eigenvalue weighted by atomic mass is 32.2. The molecule has 0 aliphatic heterocycles. The maximum atomic E-state index is 12.7. The number of aromatic nitrogens is 2. The van der Waals surface area contributed by atoms with E-state index in [1.807, 2.05) is 68.6 Å². The molecule has 0 unspecified atom stereocenters. The molecule has 29 heavy (non-hydrogen) atoms. The summed E-state index contributed by atoms with van der Waals surface area (Å²) in [6.45, 7) is 6.05. The first-order valence-electron chi connectivity index (χ1n) is 9.24. The smallest absolute Gasteiger partial charge is 0.260 e. The van der Waals surface area contributed by atoms with Gasteiger partial charge in [-0.05, 0) is 43.5 Å². The minimum Gasteiger partial charge on any atom is -0.301 e. The molecule has 0 amide bonds. The standard InChI is InChI=1S/C23H20N2O2S2/c1-13-4-7-16(8-5-13)18-11-28-22-20(18)21(27)24-23(25-22)29-12-19(26)17-9-6-14(2)15(3)10-17/h4-11H,12H2,1-3H3,(H,24,25,27). The summed E-state index contributed by atoms with van der Waals surface area (Å²) < 4.78 is 0. The Morgan fingerprint density at radius 2 is 1.83 bits per heavy atom. The van der Waals surface area contributed by atoms with Gasteiger partial charge in [0.15, 0.2) is 10.9 Å². The van der Waals surface area contributed by atoms with Gasteiger partial charge in [-0.1, -0.05) is 53.7 Å². The Labute approximate surface area is 177 Å². The molecule has 0 atom stereocenters. The number of thioether (sulfide) groups is 1. The molecule has 0 spiro atoms. The summed E-state index contributed by atoms with van der Waals surface area (Å²) in [6.07, 6.45) is 0. The molecule has 0 fully saturated rings. The minimum absolute atomic E-state index is 0.0207. The molecule has 0 aliphatic carbocycles. The number of nitrogens with one attached hydrogen (secondary N) is 1. The van der Waals surface area contributed by atoms with E-state index in [1.165, 1.54) is 28.7 Å². The zero-order valence-corrected chi connectivity index (χ0v) is 18.0. The molecule has 2 aromatic carbocycles. The zero-order valence-electron chi connectivity index (χ0n) is 16.4. The average Bonchev–Trinajstić information content (AvgIpc) is 3.13. The largest absolute Gasteiger partial charge is 0.301 e. The molecule has 2 aromatic heterocycles. The third kappa shape index (κ3) is 4.04. The van der Waals surface area contributed by atoms with E-state index in [1.54, 1.807) is 0 Å². The van der Waals surface area contributed by atoms with Crippen molar-refractivity contribution in [3.8, 4) is 11.1 Å². The molecule has 0 radical (unpaired) electrons. The number of thiophene rings is 1. The number of carbonyl (C=O) groups excluding carboxylic acids is 1. The minimum atomic E-state index is -0.173. The van der Waals surface area contributed by atoms with Crippen LogP contribution in [0.5, 0.6) is 0 Å². The van der Waals surface area contributed by atoms with E-state index in [9.17, 15) is 9.59 Å². The summed E-state index contributed by atoms with van der Waals surface area (Å²) >= 11 is 2.71. The van der Waals surface area contributed by atoms with Crippen LogP contribution < -0.4 is 5.56 Å². The predicted octanol–water partition coefficient (Wildman–Crippen LogP) is 5.55. The third-order valence-electron chi connectivity index (χ3n) is 4.95. The number of aryl methyl sites for hydroxylation is 3. The van der Waals surface area contributed by atoms with Gasteiger partial charge in [-0.25, -0.2) is 4.98 Å². The molecule has 4 nitrogen and oxygen atoms in total. The number of nitrogens with zero attached hydrogens (tertiary/aromatic N) is 1. The summed E-state index contributed by atoms with van der Waals surface area (Å²) in [4.78, 5) is 33.3. The first kappa shape index (κ1) is 19.6. The number of ketones is 1. The van der Waals surface area contributed by atoms with Crippen molar-refractivity contribution >= 4 is 39.1 Å². The topological polar surface area (TPSA) is 62.8 Å². The molecule has 0 saturated heterocycles. The summed E-state index contributed by atoms with van der Waals surface area (Å²) in [5.41, 5.74) is 5.83. The van der Waals surface area contributed by atoms with Gasteiger partial charge in [-0.3, -0.25) is 9.59 Å². The van der Waals surface area contributed by atoms with Gasteiger partial charge in [-0.2, -0.15) is 0 Å². The van der Waals surface area contributed by atoms with Crippen LogP contribution in [-0.2, 0) is 0 Å². The molecule has 1 N–H and O–H groups in total. The number of carbonyl (C=O) groups is 1. The van der Waals surface area contributed by atoms with Gasteiger partial charge in [0.2, 0.25) is 0 Å². The Morgan fingerprint density at radius 3 is 2.55 bits per heavy atom. The molecule has 0 saturated carbocycles. The summed E-state index contributed by atoms with van der Waals surface area (Å²) in [6, 6.07) is 13.8. The van der Waals surface area contributed by atoms with Crippen LogP contribution in [0, 0.1) is 20.8 Å². The average molecular weight is 421 g/mol. The summed E-state index contributed by atoms with van der Waals surface area (Å²) in [5, 5.41) is 3.03. The lowest BCUT2D eigenvalue weighted by molar-refractivity contribution is 0.102. The molecule has 4 aromatic rings. The second kappa shape index (κ2) is 7.97. The Morgan fingerprint density at radius 1 is 1.07 bits per heavy atom. The van der Waals surface area contributed by atoms with E-state index >= 15 is 0 Å². The van der Waals surface area contributed by atoms with Crippen LogP contribution in [0.1, 0.15) is 27.0 Å². The van der Waals surface area contributed by atoms with Gasteiger partial charge in [-0.15, -0.1) is 11.3 Å². The lowest BCUT2D eigenvalue weighted by atomic mass is 10.0. The third-order valence-corrected chi connectivity index (χ3v) is 6.70. The van der Waals surface area contributed by atoms with Gasteiger partial charge >= 0.3 is 0 Å². The van der Waals surface area contributed by atoms with Crippen LogP contribution in [-0.4, -0.2) is 21.5 Å². The Kier molecular flexibility index (Phi) is 5.39. The molecule has 6 heteroatoms. The number of H-pyrrole nitrogens is 1. The molecular weight excluding hydrogens is 400 g/mol. The Hall–Kier alpha value is -2.70. The van der Waals surface area contributed by atoms with Gasteiger partial charge in [0.25, 0.3) is 5.56 Å². The molecule has 0 aliphatic rings. The predicted molar refractivity (Wildman–Crippen MR) is 121 cm³/mol. The van der Waals surface area contributed by atoms with Crippen LogP contribution in [0.4, 0.5) is 0 Å². The van der Waals surface area contributed by atoms with Crippen LogP contribution >= 0.6 is 23.1 Å². The van der Waals surface area contributed by atoms with Gasteiger partial charge in [0.1, 0.15) is 4.83 Å². The highest BCUT2D eigenvalue weighted by Gasteiger charge is 2.14. The van der Waals surface area contributed by atoms with Crippen molar-refractivity contribution in [2.24, 2.45) is 0 Å². The fourth-order valence-electron chi connectivity index (χ4n) is 3.08. The Balaban J connectivity index is 1.58. The van der Waals surface area contributed by atoms with E-state index in [0.717, 1.165) is 22.3 Å². The highest BCUT2D eigenvalue weighted by Crippen LogP contribution is 2.31. The van der Waals surface area contributed by atoms with Crippen LogP contribution in [0.15, 0.2) is 57.8 Å². The molecule has 2 heterocycles. The summed E-state index contributed by atoms with van der Waals surface area (Å²) in [7, 11) is 0. The van der Waals surface area contributed by atoms with E-state index in [2.05, 4.69) is 9.97 Å². The zero-order chi connectivity index (χ0) is 20.5. The number of fused-ring (bicyclic) bond motifs is 1. The lowest BCUT2D eigenvalue weighted by Gasteiger charge is -2.05. The van der Waals surface area contributed by atoms with E-state index < -0.39 is 0 Å². The normalized spacial score (nSPS) is 11.1. The fourth-order valence-corrected chi connectivity index (χ4v) is 4.84. The first-order valence-corrected chi connectivity index (χ1v) is 11.1. The first-order chi connectivity index (χ1) is 13.9. The molecule has 4 rings (SSSR count).